The Morgan fingerprint density at radius 1 is 1.19 bits per heavy atom. The highest BCUT2D eigenvalue weighted by Crippen LogP contribution is 2.61. The Bertz CT molecular complexity index is 516. The van der Waals surface area contributed by atoms with Crippen LogP contribution in [0.5, 0.6) is 0 Å². The van der Waals surface area contributed by atoms with E-state index < -0.39 is 0 Å². The molecule has 112 valence electrons. The van der Waals surface area contributed by atoms with Gasteiger partial charge in [-0.25, -0.2) is 4.98 Å². The SMILES string of the molecule is Nc1ccc(NC(=O)CC23CC4CC(CC(C4)C2)C3)nc1. The molecule has 1 amide bonds. The first-order chi connectivity index (χ1) is 10.1. The number of carbonyl (C=O) groups excluding carboxylic acids is 1. The lowest BCUT2D eigenvalue weighted by Gasteiger charge is -2.56. The van der Waals surface area contributed by atoms with Crippen molar-refractivity contribution < 1.29 is 4.79 Å². The predicted octanol–water partition coefficient (Wildman–Crippen LogP) is 3.21. The van der Waals surface area contributed by atoms with Crippen LogP contribution in [0.4, 0.5) is 11.5 Å². The molecule has 21 heavy (non-hydrogen) atoms. The van der Waals surface area contributed by atoms with Gasteiger partial charge < -0.3 is 11.1 Å². The van der Waals surface area contributed by atoms with Crippen molar-refractivity contribution in [3.63, 3.8) is 0 Å². The van der Waals surface area contributed by atoms with Crippen LogP contribution in [0.25, 0.3) is 0 Å². The van der Waals surface area contributed by atoms with Crippen LogP contribution < -0.4 is 11.1 Å². The lowest BCUT2D eigenvalue weighted by Crippen LogP contribution is -2.47. The molecule has 1 aromatic rings. The molecule has 4 fully saturated rings. The number of carbonyl (C=O) groups is 1. The Morgan fingerprint density at radius 2 is 1.81 bits per heavy atom. The zero-order valence-corrected chi connectivity index (χ0v) is 12.3. The topological polar surface area (TPSA) is 68.0 Å². The minimum atomic E-state index is 0.120. The van der Waals surface area contributed by atoms with Crippen LogP contribution in [0.1, 0.15) is 44.9 Å². The number of nitrogens with zero attached hydrogens (tertiary/aromatic N) is 1. The van der Waals surface area contributed by atoms with Gasteiger partial charge >= 0.3 is 0 Å². The molecule has 4 heteroatoms. The van der Waals surface area contributed by atoms with Crippen LogP contribution in [-0.2, 0) is 4.79 Å². The molecule has 0 radical (unpaired) electrons. The quantitative estimate of drug-likeness (QED) is 0.896. The summed E-state index contributed by atoms with van der Waals surface area (Å²) in [4.78, 5) is 16.6. The molecule has 0 aliphatic heterocycles. The molecule has 4 bridgehead atoms. The van der Waals surface area contributed by atoms with E-state index in [9.17, 15) is 4.79 Å². The number of hydrogen-bond donors (Lipinski definition) is 2. The number of nitrogens with one attached hydrogen (secondary N) is 1. The second kappa shape index (κ2) is 4.72. The highest BCUT2D eigenvalue weighted by molar-refractivity contribution is 5.90. The number of rotatable bonds is 3. The van der Waals surface area contributed by atoms with Crippen molar-refractivity contribution in [1.82, 2.24) is 4.98 Å². The van der Waals surface area contributed by atoms with E-state index in [1.54, 1.807) is 18.3 Å². The summed E-state index contributed by atoms with van der Waals surface area (Å²) < 4.78 is 0. The van der Waals surface area contributed by atoms with E-state index in [1.807, 2.05) is 0 Å². The minimum Gasteiger partial charge on any atom is -0.397 e. The van der Waals surface area contributed by atoms with Crippen LogP contribution in [0, 0.1) is 23.2 Å². The van der Waals surface area contributed by atoms with E-state index in [4.69, 9.17) is 5.73 Å². The fourth-order valence-electron chi connectivity index (χ4n) is 5.51. The van der Waals surface area contributed by atoms with Gasteiger partial charge in [-0.15, -0.1) is 0 Å². The largest absolute Gasteiger partial charge is 0.397 e. The first-order valence-electron chi connectivity index (χ1n) is 8.12. The Kier molecular flexibility index (Phi) is 2.95. The monoisotopic (exact) mass is 285 g/mol. The second-order valence-corrected chi connectivity index (χ2v) is 7.62. The molecule has 0 aromatic carbocycles. The molecule has 3 N–H and O–H groups in total. The van der Waals surface area contributed by atoms with E-state index in [0.29, 0.717) is 17.9 Å². The number of aromatic nitrogens is 1. The van der Waals surface area contributed by atoms with E-state index >= 15 is 0 Å². The second-order valence-electron chi connectivity index (χ2n) is 7.62. The Labute approximate surface area is 125 Å². The van der Waals surface area contributed by atoms with Crippen molar-refractivity contribution in [2.24, 2.45) is 23.2 Å². The van der Waals surface area contributed by atoms with E-state index in [-0.39, 0.29) is 11.3 Å². The number of nitrogens with two attached hydrogens (primary N) is 1. The number of amides is 1. The standard InChI is InChI=1S/C17H23N3O/c18-14-1-2-15(19-10-14)20-16(21)9-17-6-11-3-12(7-17)5-13(4-11)8-17/h1-2,10-13H,3-9,18H2,(H,19,20,21). The van der Waals surface area contributed by atoms with Crippen LogP contribution >= 0.6 is 0 Å². The number of pyridine rings is 1. The summed E-state index contributed by atoms with van der Waals surface area (Å²) in [5.41, 5.74) is 6.52. The van der Waals surface area contributed by atoms with Crippen LogP contribution in [0.2, 0.25) is 0 Å². The molecular formula is C17H23N3O. The molecule has 0 saturated heterocycles. The molecule has 4 aliphatic carbocycles. The highest BCUT2D eigenvalue weighted by Gasteiger charge is 2.51. The zero-order valence-electron chi connectivity index (χ0n) is 12.3. The molecule has 4 saturated carbocycles. The average Bonchev–Trinajstić information content (AvgIpc) is 2.39. The minimum absolute atomic E-state index is 0.120. The molecule has 4 aliphatic rings. The molecule has 1 heterocycles. The Hall–Kier alpha value is -1.58. The van der Waals surface area contributed by atoms with Crippen molar-refractivity contribution in [3.8, 4) is 0 Å². The van der Waals surface area contributed by atoms with E-state index in [0.717, 1.165) is 17.8 Å². The van der Waals surface area contributed by atoms with Crippen molar-refractivity contribution in [1.29, 1.82) is 0 Å². The fraction of sp³-hybridized carbons (Fsp3) is 0.647. The summed E-state index contributed by atoms with van der Waals surface area (Å²) >= 11 is 0. The van der Waals surface area contributed by atoms with Gasteiger partial charge in [-0.3, -0.25) is 4.79 Å². The molecule has 0 unspecified atom stereocenters. The Balaban J connectivity index is 1.43. The maximum atomic E-state index is 12.4. The molecule has 1 aromatic heterocycles. The van der Waals surface area contributed by atoms with Crippen LogP contribution in [-0.4, -0.2) is 10.9 Å². The van der Waals surface area contributed by atoms with Gasteiger partial charge in [-0.05, 0) is 73.8 Å². The maximum Gasteiger partial charge on any atom is 0.226 e. The van der Waals surface area contributed by atoms with Gasteiger partial charge in [0.2, 0.25) is 5.91 Å². The van der Waals surface area contributed by atoms with Gasteiger partial charge in [-0.1, -0.05) is 0 Å². The van der Waals surface area contributed by atoms with Crippen molar-refractivity contribution in [2.45, 2.75) is 44.9 Å². The third-order valence-electron chi connectivity index (χ3n) is 5.75. The molecule has 0 atom stereocenters. The van der Waals surface area contributed by atoms with Gasteiger partial charge in [0.05, 0.1) is 11.9 Å². The smallest absolute Gasteiger partial charge is 0.226 e. The summed E-state index contributed by atoms with van der Waals surface area (Å²) in [7, 11) is 0. The maximum absolute atomic E-state index is 12.4. The van der Waals surface area contributed by atoms with Gasteiger partial charge in [0.15, 0.2) is 0 Å². The van der Waals surface area contributed by atoms with Crippen molar-refractivity contribution >= 4 is 17.4 Å². The molecule has 0 spiro atoms. The fourth-order valence-corrected chi connectivity index (χ4v) is 5.51. The van der Waals surface area contributed by atoms with Gasteiger partial charge in [0.25, 0.3) is 0 Å². The Morgan fingerprint density at radius 3 is 2.33 bits per heavy atom. The summed E-state index contributed by atoms with van der Waals surface area (Å²) in [5, 5.41) is 2.94. The van der Waals surface area contributed by atoms with Crippen molar-refractivity contribution in [2.75, 3.05) is 11.1 Å². The first-order valence-corrected chi connectivity index (χ1v) is 8.12. The zero-order chi connectivity index (χ0) is 14.4. The number of hydrogen-bond acceptors (Lipinski definition) is 3. The first kappa shape index (κ1) is 13.1. The van der Waals surface area contributed by atoms with Crippen LogP contribution in [0.3, 0.4) is 0 Å². The summed E-state index contributed by atoms with van der Waals surface area (Å²) in [6, 6.07) is 3.54. The number of anilines is 2. The normalized spacial score (nSPS) is 36.7. The lowest BCUT2D eigenvalue weighted by atomic mass is 9.49. The van der Waals surface area contributed by atoms with Crippen molar-refractivity contribution in [3.05, 3.63) is 18.3 Å². The molecule has 4 nitrogen and oxygen atoms in total. The van der Waals surface area contributed by atoms with E-state index in [1.165, 1.54) is 38.5 Å². The molecule has 5 rings (SSSR count). The third kappa shape index (κ3) is 2.52. The average molecular weight is 285 g/mol. The third-order valence-corrected chi connectivity index (χ3v) is 5.75. The van der Waals surface area contributed by atoms with E-state index in [2.05, 4.69) is 10.3 Å². The van der Waals surface area contributed by atoms with Crippen LogP contribution in [0.15, 0.2) is 18.3 Å². The predicted molar refractivity (Wildman–Crippen MR) is 82.5 cm³/mol. The van der Waals surface area contributed by atoms with Gasteiger partial charge in [-0.2, -0.15) is 0 Å². The van der Waals surface area contributed by atoms with Gasteiger partial charge in [0.1, 0.15) is 5.82 Å². The summed E-state index contributed by atoms with van der Waals surface area (Å²) in [5.74, 6) is 3.39. The highest BCUT2D eigenvalue weighted by atomic mass is 16.1. The molecular weight excluding hydrogens is 262 g/mol. The number of nitrogen functional groups attached to an aromatic ring is 1. The van der Waals surface area contributed by atoms with Gasteiger partial charge in [0, 0.05) is 6.42 Å². The lowest BCUT2D eigenvalue weighted by molar-refractivity contribution is -0.124. The summed E-state index contributed by atoms with van der Waals surface area (Å²) in [6.07, 6.45) is 10.3. The summed E-state index contributed by atoms with van der Waals surface area (Å²) in [6.45, 7) is 0.